The molecule has 2 aliphatic rings. The molecule has 2 aromatic rings. The number of hydrogen-bond donors (Lipinski definition) is 4. The molecule has 1 fully saturated rings. The summed E-state index contributed by atoms with van der Waals surface area (Å²) in [6, 6.07) is 7.20. The van der Waals surface area contributed by atoms with Crippen LogP contribution in [-0.4, -0.2) is 35.3 Å². The lowest BCUT2D eigenvalue weighted by molar-refractivity contribution is -1.00. The van der Waals surface area contributed by atoms with Crippen LogP contribution in [-0.2, 0) is 6.42 Å². The zero-order valence-electron chi connectivity index (χ0n) is 16.7. The average Bonchev–Trinajstić information content (AvgIpc) is 2.69. The van der Waals surface area contributed by atoms with E-state index in [1.165, 1.54) is 31.2 Å². The van der Waals surface area contributed by atoms with Gasteiger partial charge in [0.1, 0.15) is 0 Å². The fourth-order valence-electron chi connectivity index (χ4n) is 4.52. The second-order valence-electron chi connectivity index (χ2n) is 8.07. The van der Waals surface area contributed by atoms with Crippen molar-refractivity contribution in [3.05, 3.63) is 29.5 Å². The SMILES string of the molecule is CCc1ccc2nc(NC3=[NH+]C[NH+]([C@H]4CCCC[C@@H]4C)CN3)nc(C)c2c1. The molecule has 27 heavy (non-hydrogen) atoms. The van der Waals surface area contributed by atoms with Crippen molar-refractivity contribution in [3.63, 3.8) is 0 Å². The zero-order valence-corrected chi connectivity index (χ0v) is 16.7. The van der Waals surface area contributed by atoms with Crippen molar-refractivity contribution in [2.45, 2.75) is 58.9 Å². The molecule has 0 bridgehead atoms. The van der Waals surface area contributed by atoms with Gasteiger partial charge in [0.05, 0.1) is 17.3 Å². The first-order valence-corrected chi connectivity index (χ1v) is 10.4. The van der Waals surface area contributed by atoms with Crippen LogP contribution in [0.25, 0.3) is 10.9 Å². The van der Waals surface area contributed by atoms with Gasteiger partial charge in [-0.3, -0.25) is 4.90 Å². The molecule has 4 N–H and O–H groups in total. The second-order valence-corrected chi connectivity index (χ2v) is 8.07. The molecule has 0 spiro atoms. The number of aromatic nitrogens is 2. The molecule has 0 saturated heterocycles. The molecule has 6 heteroatoms. The van der Waals surface area contributed by atoms with Gasteiger partial charge in [-0.2, -0.15) is 4.98 Å². The van der Waals surface area contributed by atoms with Gasteiger partial charge in [0, 0.05) is 11.3 Å². The van der Waals surface area contributed by atoms with Crippen molar-refractivity contribution in [1.82, 2.24) is 15.3 Å². The van der Waals surface area contributed by atoms with E-state index in [2.05, 4.69) is 59.6 Å². The molecule has 2 heterocycles. The molecule has 0 radical (unpaired) electrons. The largest absolute Gasteiger partial charge is 0.359 e. The van der Waals surface area contributed by atoms with Crippen molar-refractivity contribution in [2.75, 3.05) is 18.7 Å². The highest BCUT2D eigenvalue weighted by molar-refractivity contribution is 5.89. The number of quaternary nitrogens is 1. The Morgan fingerprint density at radius 1 is 1.26 bits per heavy atom. The van der Waals surface area contributed by atoms with Crippen LogP contribution in [0.1, 0.15) is 50.8 Å². The monoisotopic (exact) mass is 368 g/mol. The smallest absolute Gasteiger partial charge is 0.274 e. The van der Waals surface area contributed by atoms with E-state index in [1.54, 1.807) is 4.90 Å². The Labute approximate surface area is 161 Å². The van der Waals surface area contributed by atoms with Gasteiger partial charge in [0.2, 0.25) is 0 Å². The molecule has 6 nitrogen and oxygen atoms in total. The summed E-state index contributed by atoms with van der Waals surface area (Å²) in [5.41, 5.74) is 3.32. The predicted octanol–water partition coefficient (Wildman–Crippen LogP) is 0.331. The normalized spacial score (nSPS) is 25.7. The number of benzene rings is 1. The fraction of sp³-hybridized carbons (Fsp3) is 0.571. The maximum atomic E-state index is 4.70. The third-order valence-electron chi connectivity index (χ3n) is 6.22. The Morgan fingerprint density at radius 3 is 2.85 bits per heavy atom. The molecular formula is C21H32N6+2. The molecule has 1 unspecified atom stereocenters. The summed E-state index contributed by atoms with van der Waals surface area (Å²) in [5.74, 6) is 2.37. The van der Waals surface area contributed by atoms with Crippen LogP contribution >= 0.6 is 0 Å². The highest BCUT2D eigenvalue weighted by atomic mass is 15.4. The summed E-state index contributed by atoms with van der Waals surface area (Å²) in [4.78, 5) is 14.5. The van der Waals surface area contributed by atoms with E-state index < -0.39 is 0 Å². The highest BCUT2D eigenvalue weighted by Gasteiger charge is 2.33. The van der Waals surface area contributed by atoms with Crippen molar-refractivity contribution >= 4 is 22.8 Å². The zero-order chi connectivity index (χ0) is 18.8. The number of hydrogen-bond acceptors (Lipinski definition) is 4. The number of aryl methyl sites for hydroxylation is 2. The highest BCUT2D eigenvalue weighted by Crippen LogP contribution is 2.22. The second kappa shape index (κ2) is 7.80. The van der Waals surface area contributed by atoms with Crippen molar-refractivity contribution in [1.29, 1.82) is 0 Å². The Bertz CT molecular complexity index is 846. The summed E-state index contributed by atoms with van der Waals surface area (Å²) in [7, 11) is 0. The Hall–Kier alpha value is -2.21. The first kappa shape index (κ1) is 18.2. The summed E-state index contributed by atoms with van der Waals surface area (Å²) in [6.45, 7) is 8.51. The van der Waals surface area contributed by atoms with E-state index in [0.29, 0.717) is 5.95 Å². The van der Waals surface area contributed by atoms with Gasteiger partial charge >= 0.3 is 5.96 Å². The molecule has 3 atom stereocenters. The average molecular weight is 369 g/mol. The fourth-order valence-corrected chi connectivity index (χ4v) is 4.52. The van der Waals surface area contributed by atoms with Crippen LogP contribution in [0.15, 0.2) is 18.2 Å². The van der Waals surface area contributed by atoms with Gasteiger partial charge in [0.25, 0.3) is 5.95 Å². The Morgan fingerprint density at radius 2 is 2.11 bits per heavy atom. The van der Waals surface area contributed by atoms with Gasteiger partial charge in [0.15, 0.2) is 13.3 Å². The van der Waals surface area contributed by atoms with E-state index in [-0.39, 0.29) is 0 Å². The molecular weight excluding hydrogens is 336 g/mol. The summed E-state index contributed by atoms with van der Waals surface area (Å²) < 4.78 is 0. The maximum absolute atomic E-state index is 4.70. The third kappa shape index (κ3) is 3.90. The minimum absolute atomic E-state index is 0.647. The quantitative estimate of drug-likeness (QED) is 0.630. The van der Waals surface area contributed by atoms with Gasteiger partial charge < -0.3 is 0 Å². The van der Waals surface area contributed by atoms with Crippen LogP contribution in [0, 0.1) is 12.8 Å². The van der Waals surface area contributed by atoms with Crippen LogP contribution in [0.5, 0.6) is 0 Å². The van der Waals surface area contributed by atoms with Crippen molar-refractivity contribution < 1.29 is 9.89 Å². The number of guanidine groups is 1. The van der Waals surface area contributed by atoms with E-state index in [4.69, 9.17) is 4.98 Å². The van der Waals surface area contributed by atoms with E-state index in [1.807, 2.05) is 0 Å². The molecule has 1 aliphatic carbocycles. The van der Waals surface area contributed by atoms with Gasteiger partial charge in [-0.25, -0.2) is 20.6 Å². The number of fused-ring (bicyclic) bond motifs is 1. The van der Waals surface area contributed by atoms with E-state index >= 15 is 0 Å². The van der Waals surface area contributed by atoms with Gasteiger partial charge in [-0.1, -0.05) is 26.3 Å². The molecule has 144 valence electrons. The van der Waals surface area contributed by atoms with Crippen molar-refractivity contribution in [3.8, 4) is 0 Å². The maximum Gasteiger partial charge on any atom is 0.359 e. The van der Waals surface area contributed by atoms with E-state index in [9.17, 15) is 0 Å². The standard InChI is InChI=1S/C21H30N6/c1-4-16-9-10-18-17(11-16)15(3)24-21(25-18)26-20-22-12-27(13-23-20)19-8-6-5-7-14(19)2/h9-11,14,19H,4-8,12-13H2,1-3H3,(H2,22,23,24,25,26)/p+2/t14-,19-/m0/s1. The summed E-state index contributed by atoms with van der Waals surface area (Å²) in [6.07, 6.45) is 6.50. The molecule has 1 saturated carbocycles. The lowest BCUT2D eigenvalue weighted by atomic mass is 9.85. The van der Waals surface area contributed by atoms with Crippen LogP contribution in [0.4, 0.5) is 5.95 Å². The molecule has 1 aromatic carbocycles. The Balaban J connectivity index is 1.46. The molecule has 1 aliphatic heterocycles. The number of rotatable bonds is 3. The van der Waals surface area contributed by atoms with Crippen LogP contribution in [0.3, 0.4) is 0 Å². The first-order valence-electron chi connectivity index (χ1n) is 10.4. The van der Waals surface area contributed by atoms with Gasteiger partial charge in [-0.15, -0.1) is 0 Å². The molecule has 1 aromatic heterocycles. The number of nitrogens with one attached hydrogen (secondary N) is 4. The predicted molar refractivity (Wildman–Crippen MR) is 108 cm³/mol. The van der Waals surface area contributed by atoms with Crippen LogP contribution in [0.2, 0.25) is 0 Å². The number of anilines is 1. The first-order chi connectivity index (χ1) is 13.1. The van der Waals surface area contributed by atoms with Gasteiger partial charge in [-0.05, 0) is 50.3 Å². The van der Waals surface area contributed by atoms with Crippen LogP contribution < -0.4 is 20.5 Å². The van der Waals surface area contributed by atoms with Crippen molar-refractivity contribution in [2.24, 2.45) is 5.92 Å². The third-order valence-corrected chi connectivity index (χ3v) is 6.22. The summed E-state index contributed by atoms with van der Waals surface area (Å²) in [5, 5.41) is 7.97. The lowest BCUT2D eigenvalue weighted by Crippen LogP contribution is -3.27. The molecule has 0 amide bonds. The molecule has 4 rings (SSSR count). The number of nitrogens with zero attached hydrogens (tertiary/aromatic N) is 2. The Kier molecular flexibility index (Phi) is 5.25. The van der Waals surface area contributed by atoms with E-state index in [0.717, 1.165) is 54.3 Å². The minimum atomic E-state index is 0.647. The minimum Gasteiger partial charge on any atom is -0.274 e. The lowest BCUT2D eigenvalue weighted by Gasteiger charge is -2.35. The summed E-state index contributed by atoms with van der Waals surface area (Å²) >= 11 is 0. The topological polar surface area (TPSA) is 68.2 Å².